The van der Waals surface area contributed by atoms with E-state index in [0.29, 0.717) is 29.2 Å². The van der Waals surface area contributed by atoms with Crippen molar-refractivity contribution in [1.82, 2.24) is 9.21 Å². The Hall–Kier alpha value is -1.11. The number of benzene rings is 1. The average molecular weight is 311 g/mol. The van der Waals surface area contributed by atoms with E-state index in [0.717, 1.165) is 12.1 Å². The van der Waals surface area contributed by atoms with Crippen molar-refractivity contribution in [1.29, 1.82) is 0 Å². The van der Waals surface area contributed by atoms with E-state index in [1.165, 1.54) is 0 Å². The normalized spacial score (nSPS) is 20.6. The van der Waals surface area contributed by atoms with E-state index in [1.54, 1.807) is 17.3 Å². The molecule has 118 valence electrons. The minimum atomic E-state index is -3.51. The van der Waals surface area contributed by atoms with Gasteiger partial charge in [0.15, 0.2) is 0 Å². The molecule has 0 spiro atoms. The molecule has 0 unspecified atom stereocenters. The predicted molar refractivity (Wildman–Crippen MR) is 85.8 cm³/mol. The van der Waals surface area contributed by atoms with Gasteiger partial charge in [0.05, 0.1) is 4.90 Å². The van der Waals surface area contributed by atoms with E-state index < -0.39 is 10.0 Å². The van der Waals surface area contributed by atoms with Crippen molar-refractivity contribution in [2.45, 2.75) is 38.1 Å². The molecule has 1 aromatic rings. The molecular weight excluding hydrogens is 286 g/mol. The molecule has 1 aliphatic rings. The van der Waals surface area contributed by atoms with Crippen LogP contribution in [0.5, 0.6) is 0 Å². The Morgan fingerprint density at radius 1 is 1.19 bits per heavy atom. The Bertz CT molecular complexity index is 653. The average Bonchev–Trinajstić information content (AvgIpc) is 2.36. The fourth-order valence-electron chi connectivity index (χ4n) is 2.66. The summed E-state index contributed by atoms with van der Waals surface area (Å²) < 4.78 is 27.5. The number of likely N-dealkylation sites (N-methyl/N-ethyl adjacent to an activating group) is 1. The standard InChI is InChI=1S/C15H25N3O2S/c1-11-8-13(16)12(2)14(9-11)21(19,20)18-7-6-17(5)15(3,4)10-18/h8-9H,6-7,10,16H2,1-5H3. The highest BCUT2D eigenvalue weighted by atomic mass is 32.2. The van der Waals surface area contributed by atoms with Crippen molar-refractivity contribution in [2.24, 2.45) is 0 Å². The summed E-state index contributed by atoms with van der Waals surface area (Å²) in [6.07, 6.45) is 0. The Labute approximate surface area is 127 Å². The van der Waals surface area contributed by atoms with Gasteiger partial charge in [-0.15, -0.1) is 0 Å². The van der Waals surface area contributed by atoms with E-state index in [-0.39, 0.29) is 5.54 Å². The van der Waals surface area contributed by atoms with Crippen LogP contribution in [0.3, 0.4) is 0 Å². The maximum atomic E-state index is 13.0. The van der Waals surface area contributed by atoms with Crippen molar-refractivity contribution in [3.63, 3.8) is 0 Å². The molecule has 6 heteroatoms. The number of nitrogen functional groups attached to an aromatic ring is 1. The SMILES string of the molecule is Cc1cc(N)c(C)c(S(=O)(=O)N2CCN(C)C(C)(C)C2)c1. The van der Waals surface area contributed by atoms with Crippen molar-refractivity contribution in [3.8, 4) is 0 Å². The summed E-state index contributed by atoms with van der Waals surface area (Å²) in [7, 11) is -1.48. The van der Waals surface area contributed by atoms with Crippen LogP contribution in [0.15, 0.2) is 17.0 Å². The molecule has 0 aliphatic carbocycles. The molecule has 5 nitrogen and oxygen atoms in total. The van der Waals surface area contributed by atoms with Gasteiger partial charge in [0, 0.05) is 30.9 Å². The number of anilines is 1. The Balaban J connectivity index is 2.44. The number of rotatable bonds is 2. The molecule has 1 aromatic carbocycles. The maximum Gasteiger partial charge on any atom is 0.243 e. The fraction of sp³-hybridized carbons (Fsp3) is 0.600. The monoisotopic (exact) mass is 311 g/mol. The van der Waals surface area contributed by atoms with Crippen molar-refractivity contribution >= 4 is 15.7 Å². The lowest BCUT2D eigenvalue weighted by Crippen LogP contribution is -2.58. The van der Waals surface area contributed by atoms with Crippen LogP contribution in [0.2, 0.25) is 0 Å². The van der Waals surface area contributed by atoms with Gasteiger partial charge in [-0.05, 0) is 58.0 Å². The molecule has 21 heavy (non-hydrogen) atoms. The summed E-state index contributed by atoms with van der Waals surface area (Å²) in [6.45, 7) is 9.48. The topological polar surface area (TPSA) is 66.6 Å². The van der Waals surface area contributed by atoms with Crippen molar-refractivity contribution in [2.75, 3.05) is 32.4 Å². The summed E-state index contributed by atoms with van der Waals surface area (Å²) >= 11 is 0. The first kappa shape index (κ1) is 16.3. The van der Waals surface area contributed by atoms with Gasteiger partial charge >= 0.3 is 0 Å². The zero-order valence-corrected chi connectivity index (χ0v) is 14.3. The van der Waals surface area contributed by atoms with Crippen LogP contribution in [0.4, 0.5) is 5.69 Å². The smallest absolute Gasteiger partial charge is 0.243 e. The molecule has 0 aromatic heterocycles. The van der Waals surface area contributed by atoms with Crippen LogP contribution in [0.1, 0.15) is 25.0 Å². The minimum absolute atomic E-state index is 0.172. The largest absolute Gasteiger partial charge is 0.398 e. The minimum Gasteiger partial charge on any atom is -0.398 e. The molecular formula is C15H25N3O2S. The van der Waals surface area contributed by atoms with Crippen LogP contribution in [0.25, 0.3) is 0 Å². The lowest BCUT2D eigenvalue weighted by Gasteiger charge is -2.44. The molecule has 1 heterocycles. The second-order valence-electron chi connectivity index (χ2n) is 6.55. The first-order valence-corrected chi connectivity index (χ1v) is 8.58. The van der Waals surface area contributed by atoms with Crippen LogP contribution >= 0.6 is 0 Å². The van der Waals surface area contributed by atoms with E-state index in [2.05, 4.69) is 18.7 Å². The van der Waals surface area contributed by atoms with E-state index in [9.17, 15) is 8.42 Å². The Morgan fingerprint density at radius 3 is 2.38 bits per heavy atom. The van der Waals surface area contributed by atoms with Gasteiger partial charge in [0.2, 0.25) is 10.0 Å². The van der Waals surface area contributed by atoms with E-state index >= 15 is 0 Å². The molecule has 1 saturated heterocycles. The van der Waals surface area contributed by atoms with Gasteiger partial charge in [0.1, 0.15) is 0 Å². The fourth-order valence-corrected chi connectivity index (χ4v) is 4.59. The number of hydrogen-bond acceptors (Lipinski definition) is 4. The molecule has 1 fully saturated rings. The second kappa shape index (κ2) is 5.26. The molecule has 0 amide bonds. The Morgan fingerprint density at radius 2 is 1.81 bits per heavy atom. The third kappa shape index (κ3) is 2.93. The molecule has 2 rings (SSSR count). The summed E-state index contributed by atoms with van der Waals surface area (Å²) in [5.74, 6) is 0. The van der Waals surface area contributed by atoms with E-state index in [1.807, 2.05) is 20.0 Å². The summed E-state index contributed by atoms with van der Waals surface area (Å²) in [5.41, 5.74) is 7.79. The first-order valence-electron chi connectivity index (χ1n) is 7.14. The molecule has 0 radical (unpaired) electrons. The van der Waals surface area contributed by atoms with Gasteiger partial charge in [-0.25, -0.2) is 8.42 Å². The number of sulfonamides is 1. The maximum absolute atomic E-state index is 13.0. The van der Waals surface area contributed by atoms with Gasteiger partial charge in [-0.3, -0.25) is 4.90 Å². The Kier molecular flexibility index (Phi) is 4.08. The van der Waals surface area contributed by atoms with Crippen molar-refractivity contribution < 1.29 is 8.42 Å². The van der Waals surface area contributed by atoms with Gasteiger partial charge in [0.25, 0.3) is 0 Å². The zero-order chi connectivity index (χ0) is 16.0. The van der Waals surface area contributed by atoms with E-state index in [4.69, 9.17) is 5.73 Å². The molecule has 1 aliphatic heterocycles. The first-order chi connectivity index (χ1) is 9.55. The quantitative estimate of drug-likeness (QED) is 0.843. The molecule has 0 atom stereocenters. The lowest BCUT2D eigenvalue weighted by molar-refractivity contribution is 0.0801. The number of nitrogens with zero attached hydrogens (tertiary/aromatic N) is 2. The van der Waals surface area contributed by atoms with Crippen LogP contribution in [-0.2, 0) is 10.0 Å². The number of piperazine rings is 1. The number of aryl methyl sites for hydroxylation is 1. The zero-order valence-electron chi connectivity index (χ0n) is 13.5. The van der Waals surface area contributed by atoms with Crippen LogP contribution in [0, 0.1) is 13.8 Å². The molecule has 0 saturated carbocycles. The predicted octanol–water partition coefficient (Wildman–Crippen LogP) is 1.60. The molecule has 0 bridgehead atoms. The third-order valence-electron chi connectivity index (χ3n) is 4.44. The number of nitrogens with two attached hydrogens (primary N) is 1. The van der Waals surface area contributed by atoms with Gasteiger partial charge in [-0.2, -0.15) is 4.31 Å². The highest BCUT2D eigenvalue weighted by molar-refractivity contribution is 7.89. The van der Waals surface area contributed by atoms with Crippen LogP contribution < -0.4 is 5.73 Å². The van der Waals surface area contributed by atoms with Crippen molar-refractivity contribution in [3.05, 3.63) is 23.3 Å². The third-order valence-corrected chi connectivity index (χ3v) is 6.42. The highest BCUT2D eigenvalue weighted by Gasteiger charge is 2.37. The van der Waals surface area contributed by atoms with Crippen LogP contribution in [-0.4, -0.2) is 49.8 Å². The van der Waals surface area contributed by atoms with Gasteiger partial charge < -0.3 is 5.73 Å². The second-order valence-corrected chi connectivity index (χ2v) is 8.46. The summed E-state index contributed by atoms with van der Waals surface area (Å²) in [5, 5.41) is 0. The summed E-state index contributed by atoms with van der Waals surface area (Å²) in [4.78, 5) is 2.52. The number of hydrogen-bond donors (Lipinski definition) is 1. The van der Waals surface area contributed by atoms with Gasteiger partial charge in [-0.1, -0.05) is 0 Å². The summed E-state index contributed by atoms with van der Waals surface area (Å²) in [6, 6.07) is 3.52. The lowest BCUT2D eigenvalue weighted by atomic mass is 10.0. The highest BCUT2D eigenvalue weighted by Crippen LogP contribution is 2.29. The molecule has 2 N–H and O–H groups in total.